The number of nitrogens with zero attached hydrogens (tertiary/aromatic N) is 5. The third kappa shape index (κ3) is 3.26. The molecule has 0 amide bonds. The zero-order valence-electron chi connectivity index (χ0n) is 15.1. The highest BCUT2D eigenvalue weighted by atomic mass is 32.1. The number of β-amino-alcohol motifs (C(OH)–C–C–N with tert-alkyl or cyclic N) is 1. The second-order valence-electron chi connectivity index (χ2n) is 7.21. The summed E-state index contributed by atoms with van der Waals surface area (Å²) in [7, 11) is 0. The Hall–Kier alpha value is -2.22. The summed E-state index contributed by atoms with van der Waals surface area (Å²) in [4.78, 5) is 16.2. The molecule has 0 saturated carbocycles. The fourth-order valence-electron chi connectivity index (χ4n) is 4.10. The summed E-state index contributed by atoms with van der Waals surface area (Å²) in [6.45, 7) is 5.29. The molecule has 1 N–H and O–H groups in total. The zero-order chi connectivity index (χ0) is 18.2. The Kier molecular flexibility index (Phi) is 4.43. The number of aromatic nitrogens is 2. The van der Waals surface area contributed by atoms with E-state index in [4.69, 9.17) is 4.98 Å². The molecule has 2 aromatic heterocycles. The smallest absolute Gasteiger partial charge is 0.186 e. The molecule has 1 aromatic carbocycles. The molecule has 140 valence electrons. The normalized spacial score (nSPS) is 24.0. The zero-order valence-corrected chi connectivity index (χ0v) is 15.9. The van der Waals surface area contributed by atoms with Crippen molar-refractivity contribution in [2.24, 2.45) is 0 Å². The van der Waals surface area contributed by atoms with Crippen molar-refractivity contribution in [1.29, 1.82) is 0 Å². The lowest BCUT2D eigenvalue weighted by molar-refractivity contribution is 0.0792. The molecular formula is C20H23N5OS. The molecule has 0 unspecified atom stereocenters. The molecule has 0 bridgehead atoms. The van der Waals surface area contributed by atoms with Gasteiger partial charge < -0.3 is 14.9 Å². The molecule has 0 spiro atoms. The summed E-state index contributed by atoms with van der Waals surface area (Å²) in [5.74, 6) is 1.04. The van der Waals surface area contributed by atoms with Gasteiger partial charge in [0.15, 0.2) is 5.13 Å². The number of pyridine rings is 1. The first-order chi connectivity index (χ1) is 13.3. The average molecular weight is 382 g/mol. The topological polar surface area (TPSA) is 55.7 Å². The lowest BCUT2D eigenvalue weighted by Gasteiger charge is -2.39. The van der Waals surface area contributed by atoms with Crippen LogP contribution in [-0.2, 0) is 0 Å². The number of para-hydroxylation sites is 1. The number of aliphatic hydroxyl groups is 1. The van der Waals surface area contributed by atoms with Crippen LogP contribution < -0.4 is 9.80 Å². The molecule has 2 aliphatic heterocycles. The monoisotopic (exact) mass is 381 g/mol. The van der Waals surface area contributed by atoms with Crippen molar-refractivity contribution < 1.29 is 5.11 Å². The van der Waals surface area contributed by atoms with Crippen LogP contribution in [0.5, 0.6) is 0 Å². The van der Waals surface area contributed by atoms with Crippen LogP contribution in [0.4, 0.5) is 10.9 Å². The lowest BCUT2D eigenvalue weighted by atomic mass is 10.1. The highest BCUT2D eigenvalue weighted by molar-refractivity contribution is 7.22. The van der Waals surface area contributed by atoms with E-state index in [1.54, 1.807) is 11.3 Å². The van der Waals surface area contributed by atoms with Gasteiger partial charge in [-0.2, -0.15) is 0 Å². The first-order valence-corrected chi connectivity index (χ1v) is 10.3. The van der Waals surface area contributed by atoms with Gasteiger partial charge in [0.1, 0.15) is 5.82 Å². The van der Waals surface area contributed by atoms with Gasteiger partial charge in [-0.1, -0.05) is 29.5 Å². The summed E-state index contributed by atoms with van der Waals surface area (Å²) in [5, 5.41) is 11.7. The van der Waals surface area contributed by atoms with Gasteiger partial charge in [-0.25, -0.2) is 9.97 Å². The van der Waals surface area contributed by atoms with E-state index in [2.05, 4.69) is 37.9 Å². The summed E-state index contributed by atoms with van der Waals surface area (Å²) in [6, 6.07) is 14.4. The molecule has 7 heteroatoms. The minimum absolute atomic E-state index is 0.169. The number of aliphatic hydroxyl groups excluding tert-OH is 1. The quantitative estimate of drug-likeness (QED) is 0.750. The molecule has 27 heavy (non-hydrogen) atoms. The molecule has 2 fully saturated rings. The third-order valence-electron chi connectivity index (χ3n) is 5.57. The number of thiazole rings is 1. The molecule has 4 heterocycles. The number of fused-ring (bicyclic) bond motifs is 1. The number of hydrogen-bond donors (Lipinski definition) is 1. The maximum atomic E-state index is 10.7. The van der Waals surface area contributed by atoms with E-state index < -0.39 is 0 Å². The summed E-state index contributed by atoms with van der Waals surface area (Å²) in [6.07, 6.45) is 1.51. The standard InChI is InChI=1S/C20H23N5OS/c26-17-14-25(20-22-15-5-1-2-6-18(15)27-20)13-16(17)23-9-11-24(12-10-23)19-7-3-4-8-21-19/h1-8,16-17,26H,9-14H2/t16-,17-/m0/s1. The van der Waals surface area contributed by atoms with Gasteiger partial charge in [0.25, 0.3) is 0 Å². The molecule has 2 aliphatic rings. The van der Waals surface area contributed by atoms with Gasteiger partial charge in [-0.05, 0) is 24.3 Å². The molecule has 2 saturated heterocycles. The maximum absolute atomic E-state index is 10.7. The number of piperazine rings is 1. The number of benzene rings is 1. The SMILES string of the molecule is O[C@H]1CN(c2nc3ccccc3s2)C[C@@H]1N1CCN(c2ccccn2)CC1. The Morgan fingerprint density at radius 3 is 2.52 bits per heavy atom. The van der Waals surface area contributed by atoms with Crippen molar-refractivity contribution in [3.05, 3.63) is 48.7 Å². The first-order valence-electron chi connectivity index (χ1n) is 9.46. The van der Waals surface area contributed by atoms with Gasteiger partial charge in [0.05, 0.1) is 22.4 Å². The summed E-state index contributed by atoms with van der Waals surface area (Å²) < 4.78 is 1.20. The van der Waals surface area contributed by atoms with Gasteiger partial charge >= 0.3 is 0 Å². The fraction of sp³-hybridized carbons (Fsp3) is 0.400. The Morgan fingerprint density at radius 2 is 1.74 bits per heavy atom. The number of anilines is 2. The Bertz CT molecular complexity index is 876. The molecule has 6 nitrogen and oxygen atoms in total. The highest BCUT2D eigenvalue weighted by Crippen LogP contribution is 2.32. The Labute approximate surface area is 162 Å². The van der Waals surface area contributed by atoms with Gasteiger partial charge in [-0.15, -0.1) is 0 Å². The summed E-state index contributed by atoms with van der Waals surface area (Å²) >= 11 is 1.71. The lowest BCUT2D eigenvalue weighted by Crippen LogP contribution is -2.54. The van der Waals surface area contributed by atoms with Crippen molar-refractivity contribution in [2.75, 3.05) is 49.1 Å². The van der Waals surface area contributed by atoms with Crippen LogP contribution in [0.15, 0.2) is 48.7 Å². The molecule has 0 radical (unpaired) electrons. The highest BCUT2D eigenvalue weighted by Gasteiger charge is 2.37. The van der Waals surface area contributed by atoms with E-state index in [0.29, 0.717) is 6.54 Å². The van der Waals surface area contributed by atoms with Gasteiger partial charge in [-0.3, -0.25) is 4.90 Å². The van der Waals surface area contributed by atoms with Crippen molar-refractivity contribution in [3.63, 3.8) is 0 Å². The van der Waals surface area contributed by atoms with Gasteiger partial charge in [0.2, 0.25) is 0 Å². The van der Waals surface area contributed by atoms with E-state index in [1.807, 2.05) is 30.5 Å². The van der Waals surface area contributed by atoms with E-state index in [-0.39, 0.29) is 12.1 Å². The average Bonchev–Trinajstić information content (AvgIpc) is 3.32. The summed E-state index contributed by atoms with van der Waals surface area (Å²) in [5.41, 5.74) is 1.04. The molecule has 5 rings (SSSR count). The predicted molar refractivity (Wildman–Crippen MR) is 110 cm³/mol. The second-order valence-corrected chi connectivity index (χ2v) is 8.22. The molecular weight excluding hydrogens is 358 g/mol. The fourth-order valence-corrected chi connectivity index (χ4v) is 5.09. The van der Waals surface area contributed by atoms with Crippen LogP contribution >= 0.6 is 11.3 Å². The van der Waals surface area contributed by atoms with E-state index in [0.717, 1.165) is 49.2 Å². The number of hydrogen-bond acceptors (Lipinski definition) is 7. The number of rotatable bonds is 3. The molecule has 0 aliphatic carbocycles. The van der Waals surface area contributed by atoms with Crippen molar-refractivity contribution >= 4 is 32.5 Å². The second kappa shape index (κ2) is 7.07. The largest absolute Gasteiger partial charge is 0.390 e. The van der Waals surface area contributed by atoms with Crippen LogP contribution in [-0.4, -0.2) is 71.4 Å². The predicted octanol–water partition coefficient (Wildman–Crippen LogP) is 2.06. The van der Waals surface area contributed by atoms with Crippen LogP contribution in [0.1, 0.15) is 0 Å². The first kappa shape index (κ1) is 16.9. The Balaban J connectivity index is 1.25. The third-order valence-corrected chi connectivity index (χ3v) is 6.67. The molecule has 3 aromatic rings. The Morgan fingerprint density at radius 1 is 0.926 bits per heavy atom. The van der Waals surface area contributed by atoms with E-state index >= 15 is 0 Å². The van der Waals surface area contributed by atoms with Crippen LogP contribution in [0, 0.1) is 0 Å². The van der Waals surface area contributed by atoms with Crippen LogP contribution in [0.3, 0.4) is 0 Å². The maximum Gasteiger partial charge on any atom is 0.186 e. The van der Waals surface area contributed by atoms with Crippen molar-refractivity contribution in [2.45, 2.75) is 12.1 Å². The molecule has 2 atom stereocenters. The van der Waals surface area contributed by atoms with E-state index in [1.165, 1.54) is 4.70 Å². The van der Waals surface area contributed by atoms with E-state index in [9.17, 15) is 5.11 Å². The van der Waals surface area contributed by atoms with Crippen molar-refractivity contribution in [3.8, 4) is 0 Å². The van der Waals surface area contributed by atoms with Crippen molar-refractivity contribution in [1.82, 2.24) is 14.9 Å². The minimum atomic E-state index is -0.335. The minimum Gasteiger partial charge on any atom is -0.390 e. The van der Waals surface area contributed by atoms with Gasteiger partial charge in [0, 0.05) is 45.5 Å². The van der Waals surface area contributed by atoms with Crippen LogP contribution in [0.25, 0.3) is 10.2 Å². The van der Waals surface area contributed by atoms with Crippen LogP contribution in [0.2, 0.25) is 0 Å².